The van der Waals surface area contributed by atoms with Crippen molar-refractivity contribution in [2.45, 2.75) is 11.4 Å². The van der Waals surface area contributed by atoms with Gasteiger partial charge < -0.3 is 18.6 Å². The Morgan fingerprint density at radius 3 is 2.35 bits per heavy atom. The molecule has 3 aromatic carbocycles. The zero-order chi connectivity index (χ0) is 24.7. The highest BCUT2D eigenvalue weighted by Crippen LogP contribution is 2.31. The summed E-state index contributed by atoms with van der Waals surface area (Å²) < 4.78 is 54.2. The van der Waals surface area contributed by atoms with Crippen LogP contribution in [0.5, 0.6) is 11.5 Å². The largest absolute Gasteiger partial charge is 0.493 e. The van der Waals surface area contributed by atoms with Crippen molar-refractivity contribution in [2.75, 3.05) is 27.4 Å². The molecule has 0 aliphatic heterocycles. The van der Waals surface area contributed by atoms with Crippen LogP contribution in [0.3, 0.4) is 0 Å². The molecule has 3 rings (SSSR count). The second-order valence-electron chi connectivity index (χ2n) is 7.18. The van der Waals surface area contributed by atoms with Gasteiger partial charge in [-0.2, -0.15) is 8.42 Å². The van der Waals surface area contributed by atoms with Gasteiger partial charge in [0.05, 0.1) is 24.3 Å². The molecule has 0 saturated heterocycles. The van der Waals surface area contributed by atoms with E-state index in [1.807, 2.05) is 0 Å². The van der Waals surface area contributed by atoms with Gasteiger partial charge in [-0.1, -0.05) is 29.8 Å². The number of carbonyl (C=O) groups is 1. The van der Waals surface area contributed by atoms with E-state index in [0.29, 0.717) is 16.1 Å². The molecule has 0 radical (unpaired) electrons. The third-order valence-corrected chi connectivity index (χ3v) is 6.44. The molecule has 7 nitrogen and oxygen atoms in total. The lowest BCUT2D eigenvalue weighted by molar-refractivity contribution is 0.0680. The van der Waals surface area contributed by atoms with Gasteiger partial charge in [-0.05, 0) is 54.1 Å². The Labute approximate surface area is 202 Å². The summed E-state index contributed by atoms with van der Waals surface area (Å²) >= 11 is 6.20. The predicted octanol–water partition coefficient (Wildman–Crippen LogP) is 4.54. The van der Waals surface area contributed by atoms with Gasteiger partial charge in [0.1, 0.15) is 10.7 Å². The summed E-state index contributed by atoms with van der Waals surface area (Å²) in [6.07, 6.45) is 0. The molecule has 0 aliphatic rings. The maximum absolute atomic E-state index is 13.2. The molecule has 180 valence electrons. The van der Waals surface area contributed by atoms with E-state index in [4.69, 9.17) is 25.3 Å². The van der Waals surface area contributed by atoms with E-state index in [2.05, 4.69) is 0 Å². The van der Waals surface area contributed by atoms with Crippen LogP contribution in [-0.2, 0) is 21.4 Å². The maximum atomic E-state index is 13.2. The standard InChI is InChI=1S/C24H23ClFNO6S/c1-31-14-13-27(24(28)20-5-3-4-6-21(20)25)16-17-7-12-22(32-2)23(15-17)33-34(29,30)19-10-8-18(26)9-11-19/h3-12,15H,13-14,16H2,1-2H3. The number of halogens is 2. The zero-order valence-corrected chi connectivity index (χ0v) is 20.1. The molecule has 0 atom stereocenters. The summed E-state index contributed by atoms with van der Waals surface area (Å²) in [5.41, 5.74) is 0.922. The Balaban J connectivity index is 1.90. The highest BCUT2D eigenvalue weighted by atomic mass is 35.5. The third kappa shape index (κ3) is 6.25. The van der Waals surface area contributed by atoms with Crippen LogP contribution >= 0.6 is 11.6 Å². The normalized spacial score (nSPS) is 11.2. The molecule has 0 spiro atoms. The molecule has 34 heavy (non-hydrogen) atoms. The van der Waals surface area contributed by atoms with Crippen LogP contribution in [-0.4, -0.2) is 46.6 Å². The van der Waals surface area contributed by atoms with Crippen molar-refractivity contribution < 1.29 is 31.3 Å². The zero-order valence-electron chi connectivity index (χ0n) is 18.5. The lowest BCUT2D eigenvalue weighted by Gasteiger charge is -2.23. The molecule has 10 heteroatoms. The van der Waals surface area contributed by atoms with Crippen LogP contribution in [0.2, 0.25) is 5.02 Å². The van der Waals surface area contributed by atoms with Gasteiger partial charge in [0.2, 0.25) is 0 Å². The number of hydrogen-bond donors (Lipinski definition) is 0. The minimum atomic E-state index is -4.25. The van der Waals surface area contributed by atoms with Gasteiger partial charge in [0, 0.05) is 20.2 Å². The molecule has 0 unspecified atom stereocenters. The second-order valence-corrected chi connectivity index (χ2v) is 9.13. The van der Waals surface area contributed by atoms with Gasteiger partial charge in [0.15, 0.2) is 11.5 Å². The predicted molar refractivity (Wildman–Crippen MR) is 125 cm³/mol. The number of benzene rings is 3. The number of carbonyl (C=O) groups excluding carboxylic acids is 1. The first-order valence-electron chi connectivity index (χ1n) is 10.1. The fraction of sp³-hybridized carbons (Fsp3) is 0.208. The van der Waals surface area contributed by atoms with Crippen LogP contribution in [0.4, 0.5) is 4.39 Å². The van der Waals surface area contributed by atoms with Crippen LogP contribution in [0.25, 0.3) is 0 Å². The van der Waals surface area contributed by atoms with E-state index < -0.39 is 15.9 Å². The lowest BCUT2D eigenvalue weighted by atomic mass is 10.1. The summed E-state index contributed by atoms with van der Waals surface area (Å²) in [5.74, 6) is -0.769. The van der Waals surface area contributed by atoms with E-state index in [-0.39, 0.29) is 42.0 Å². The third-order valence-electron chi connectivity index (χ3n) is 4.86. The molecule has 1 amide bonds. The van der Waals surface area contributed by atoms with E-state index >= 15 is 0 Å². The van der Waals surface area contributed by atoms with Crippen LogP contribution in [0, 0.1) is 5.82 Å². The number of ether oxygens (including phenoxy) is 2. The molecule has 0 aliphatic carbocycles. The number of nitrogens with zero attached hydrogens (tertiary/aromatic N) is 1. The molecule has 0 N–H and O–H groups in total. The minimum Gasteiger partial charge on any atom is -0.493 e. The fourth-order valence-corrected chi connectivity index (χ4v) is 4.28. The highest BCUT2D eigenvalue weighted by molar-refractivity contribution is 7.87. The van der Waals surface area contributed by atoms with Crippen molar-refractivity contribution in [3.05, 3.63) is 88.7 Å². The molecule has 0 heterocycles. The van der Waals surface area contributed by atoms with Crippen LogP contribution in [0.1, 0.15) is 15.9 Å². The number of rotatable bonds is 10. The van der Waals surface area contributed by atoms with E-state index in [0.717, 1.165) is 24.3 Å². The number of amides is 1. The summed E-state index contributed by atoms with van der Waals surface area (Å²) in [4.78, 5) is 14.5. The molecule has 0 saturated carbocycles. The van der Waals surface area contributed by atoms with E-state index in [9.17, 15) is 17.6 Å². The van der Waals surface area contributed by atoms with Gasteiger partial charge in [-0.15, -0.1) is 0 Å². The quantitative estimate of drug-likeness (QED) is 0.375. The van der Waals surface area contributed by atoms with Gasteiger partial charge in [0.25, 0.3) is 5.91 Å². The van der Waals surface area contributed by atoms with Crippen molar-refractivity contribution in [1.82, 2.24) is 4.90 Å². The first kappa shape index (κ1) is 25.5. The molecule has 3 aromatic rings. The Kier molecular flexibility index (Phi) is 8.49. The summed E-state index contributed by atoms with van der Waals surface area (Å²) in [6.45, 7) is 0.690. The lowest BCUT2D eigenvalue weighted by Crippen LogP contribution is -2.33. The monoisotopic (exact) mass is 507 g/mol. The summed E-state index contributed by atoms with van der Waals surface area (Å²) in [6, 6.07) is 15.7. The van der Waals surface area contributed by atoms with Gasteiger partial charge in [-0.25, -0.2) is 4.39 Å². The average molecular weight is 508 g/mol. The van der Waals surface area contributed by atoms with Gasteiger partial charge in [-0.3, -0.25) is 4.79 Å². The molecule has 0 fully saturated rings. The van der Waals surface area contributed by atoms with E-state index in [1.165, 1.54) is 25.2 Å². The minimum absolute atomic E-state index is 0.0683. The fourth-order valence-electron chi connectivity index (χ4n) is 3.13. The Morgan fingerprint density at radius 2 is 1.71 bits per heavy atom. The maximum Gasteiger partial charge on any atom is 0.339 e. The van der Waals surface area contributed by atoms with Crippen molar-refractivity contribution in [1.29, 1.82) is 0 Å². The second kappa shape index (κ2) is 11.3. The topological polar surface area (TPSA) is 82.1 Å². The number of methoxy groups -OCH3 is 2. The Morgan fingerprint density at radius 1 is 1.00 bits per heavy atom. The Bertz CT molecular complexity index is 1250. The SMILES string of the molecule is COCCN(Cc1ccc(OC)c(OS(=O)(=O)c2ccc(F)cc2)c1)C(=O)c1ccccc1Cl. The van der Waals surface area contributed by atoms with Crippen LogP contribution in [0.15, 0.2) is 71.6 Å². The first-order valence-corrected chi connectivity index (χ1v) is 11.9. The molecular formula is C24H23ClFNO6S. The molecule has 0 bridgehead atoms. The molecule has 0 aromatic heterocycles. The van der Waals surface area contributed by atoms with Crippen molar-refractivity contribution in [3.8, 4) is 11.5 Å². The van der Waals surface area contributed by atoms with E-state index in [1.54, 1.807) is 36.4 Å². The van der Waals surface area contributed by atoms with Crippen molar-refractivity contribution >= 4 is 27.6 Å². The van der Waals surface area contributed by atoms with Crippen molar-refractivity contribution in [3.63, 3.8) is 0 Å². The van der Waals surface area contributed by atoms with Gasteiger partial charge >= 0.3 is 10.1 Å². The first-order chi connectivity index (χ1) is 16.2. The number of hydrogen-bond acceptors (Lipinski definition) is 6. The molecular weight excluding hydrogens is 485 g/mol. The highest BCUT2D eigenvalue weighted by Gasteiger charge is 2.22. The summed E-state index contributed by atoms with van der Waals surface area (Å²) in [7, 11) is -1.35. The van der Waals surface area contributed by atoms with Crippen LogP contribution < -0.4 is 8.92 Å². The summed E-state index contributed by atoms with van der Waals surface area (Å²) in [5, 5.41) is 0.319. The average Bonchev–Trinajstić information content (AvgIpc) is 2.82. The Hall–Kier alpha value is -3.14. The smallest absolute Gasteiger partial charge is 0.339 e. The van der Waals surface area contributed by atoms with Crippen molar-refractivity contribution in [2.24, 2.45) is 0 Å².